The van der Waals surface area contributed by atoms with Crippen molar-refractivity contribution < 1.29 is 19.0 Å². The van der Waals surface area contributed by atoms with Crippen molar-refractivity contribution in [2.24, 2.45) is 0 Å². The van der Waals surface area contributed by atoms with Crippen molar-refractivity contribution in [1.82, 2.24) is 9.97 Å². The molecule has 2 aromatic heterocycles. The summed E-state index contributed by atoms with van der Waals surface area (Å²) in [6.07, 6.45) is 0.544. The molecule has 0 radical (unpaired) electrons. The number of benzene rings is 2. The first-order valence-corrected chi connectivity index (χ1v) is 9.10. The van der Waals surface area contributed by atoms with Crippen LogP contribution in [0.25, 0.3) is 21.8 Å². The van der Waals surface area contributed by atoms with Crippen LogP contribution in [0.2, 0.25) is 5.02 Å². The number of carbonyl (C=O) groups is 1. The van der Waals surface area contributed by atoms with Crippen LogP contribution in [0, 0.1) is 0 Å². The van der Waals surface area contributed by atoms with E-state index < -0.39 is 6.16 Å². The standard InChI is InChI=1S/C21H17ClN2O4/c1-12(2)26-21(25)28-19-10-15-17(11-23-19)24-16-4-3-5-18(20(15)16)27-14-8-6-13(22)7-9-14/h3-12,24H,1-2H3. The zero-order valence-corrected chi connectivity index (χ0v) is 16.0. The molecule has 0 spiro atoms. The van der Waals surface area contributed by atoms with Crippen LogP contribution in [0.1, 0.15) is 13.8 Å². The van der Waals surface area contributed by atoms with Gasteiger partial charge in [-0.15, -0.1) is 0 Å². The van der Waals surface area contributed by atoms with Gasteiger partial charge in [0, 0.05) is 16.5 Å². The van der Waals surface area contributed by atoms with Crippen molar-refractivity contribution in [2.75, 3.05) is 0 Å². The summed E-state index contributed by atoms with van der Waals surface area (Å²) in [5, 5.41) is 2.32. The molecule has 0 aliphatic rings. The van der Waals surface area contributed by atoms with Crippen molar-refractivity contribution in [1.29, 1.82) is 0 Å². The number of hydrogen-bond donors (Lipinski definition) is 1. The molecule has 4 rings (SSSR count). The molecule has 0 aliphatic carbocycles. The quantitative estimate of drug-likeness (QED) is 0.423. The summed E-state index contributed by atoms with van der Waals surface area (Å²) in [6.45, 7) is 3.50. The summed E-state index contributed by atoms with van der Waals surface area (Å²) < 4.78 is 16.2. The highest BCUT2D eigenvalue weighted by Gasteiger charge is 2.15. The first-order chi connectivity index (χ1) is 13.5. The van der Waals surface area contributed by atoms with E-state index in [4.69, 9.17) is 25.8 Å². The van der Waals surface area contributed by atoms with Gasteiger partial charge in [0.25, 0.3) is 0 Å². The first kappa shape index (κ1) is 18.1. The number of aromatic amines is 1. The van der Waals surface area contributed by atoms with Gasteiger partial charge >= 0.3 is 6.16 Å². The SMILES string of the molecule is CC(C)OC(=O)Oc1cc2c(cn1)[nH]c1cccc(Oc3ccc(Cl)cc3)c12. The van der Waals surface area contributed by atoms with Gasteiger partial charge in [-0.3, -0.25) is 0 Å². The highest BCUT2D eigenvalue weighted by atomic mass is 35.5. The normalized spacial score (nSPS) is 11.1. The second kappa shape index (κ2) is 7.40. The molecule has 0 atom stereocenters. The average molecular weight is 397 g/mol. The monoisotopic (exact) mass is 396 g/mol. The van der Waals surface area contributed by atoms with Crippen LogP contribution in [0.4, 0.5) is 4.79 Å². The fraction of sp³-hybridized carbons (Fsp3) is 0.143. The van der Waals surface area contributed by atoms with Crippen LogP contribution >= 0.6 is 11.6 Å². The molecule has 2 heterocycles. The number of fused-ring (bicyclic) bond motifs is 3. The number of hydrogen-bond acceptors (Lipinski definition) is 5. The van der Waals surface area contributed by atoms with E-state index in [1.165, 1.54) is 0 Å². The Morgan fingerprint density at radius 3 is 2.64 bits per heavy atom. The second-order valence-corrected chi connectivity index (χ2v) is 6.88. The Balaban J connectivity index is 1.74. The summed E-state index contributed by atoms with van der Waals surface area (Å²) in [5.41, 5.74) is 1.68. The molecule has 0 unspecified atom stereocenters. The molecule has 1 N–H and O–H groups in total. The van der Waals surface area contributed by atoms with Crippen LogP contribution in [-0.4, -0.2) is 22.2 Å². The molecule has 7 heteroatoms. The number of ether oxygens (including phenoxy) is 3. The topological polar surface area (TPSA) is 73.4 Å². The molecule has 142 valence electrons. The summed E-state index contributed by atoms with van der Waals surface area (Å²) >= 11 is 5.94. The Bertz CT molecular complexity index is 1150. The first-order valence-electron chi connectivity index (χ1n) is 8.72. The molecular weight excluding hydrogens is 380 g/mol. The van der Waals surface area contributed by atoms with E-state index in [2.05, 4.69) is 9.97 Å². The summed E-state index contributed by atoms with van der Waals surface area (Å²) in [5.74, 6) is 1.48. The van der Waals surface area contributed by atoms with Gasteiger partial charge in [-0.2, -0.15) is 0 Å². The van der Waals surface area contributed by atoms with Gasteiger partial charge in [-0.25, -0.2) is 9.78 Å². The van der Waals surface area contributed by atoms with Crippen molar-refractivity contribution in [3.8, 4) is 17.4 Å². The van der Waals surface area contributed by atoms with Gasteiger partial charge in [0.2, 0.25) is 5.88 Å². The van der Waals surface area contributed by atoms with Crippen molar-refractivity contribution in [2.45, 2.75) is 20.0 Å². The van der Waals surface area contributed by atoms with E-state index in [1.807, 2.05) is 18.2 Å². The Labute approximate surface area is 166 Å². The molecule has 28 heavy (non-hydrogen) atoms. The van der Waals surface area contributed by atoms with E-state index in [0.717, 1.165) is 21.8 Å². The average Bonchev–Trinajstić information content (AvgIpc) is 3.02. The number of halogens is 1. The predicted molar refractivity (Wildman–Crippen MR) is 107 cm³/mol. The summed E-state index contributed by atoms with van der Waals surface area (Å²) in [6, 6.07) is 14.5. The molecule has 6 nitrogen and oxygen atoms in total. The molecule has 0 bridgehead atoms. The molecule has 0 saturated carbocycles. The molecule has 2 aromatic carbocycles. The fourth-order valence-corrected chi connectivity index (χ4v) is 3.00. The van der Waals surface area contributed by atoms with E-state index >= 15 is 0 Å². The highest BCUT2D eigenvalue weighted by molar-refractivity contribution is 6.30. The highest BCUT2D eigenvalue weighted by Crippen LogP contribution is 2.36. The molecular formula is C21H17ClN2O4. The molecule has 0 saturated heterocycles. The minimum atomic E-state index is -0.792. The Hall–Kier alpha value is -3.25. The third-order valence-corrected chi connectivity index (χ3v) is 4.26. The lowest BCUT2D eigenvalue weighted by atomic mass is 10.1. The number of pyridine rings is 1. The number of aromatic nitrogens is 2. The third kappa shape index (κ3) is 3.73. The van der Waals surface area contributed by atoms with Crippen molar-refractivity contribution in [3.63, 3.8) is 0 Å². The van der Waals surface area contributed by atoms with E-state index in [0.29, 0.717) is 16.5 Å². The zero-order valence-electron chi connectivity index (χ0n) is 15.2. The van der Waals surface area contributed by atoms with E-state index in [9.17, 15) is 4.79 Å². The fourth-order valence-electron chi connectivity index (χ4n) is 2.87. The van der Waals surface area contributed by atoms with Gasteiger partial charge < -0.3 is 19.2 Å². The van der Waals surface area contributed by atoms with Gasteiger partial charge in [-0.05, 0) is 50.2 Å². The number of rotatable bonds is 4. The van der Waals surface area contributed by atoms with Crippen molar-refractivity contribution >= 4 is 39.6 Å². The number of nitrogens with one attached hydrogen (secondary N) is 1. The van der Waals surface area contributed by atoms with Crippen LogP contribution in [-0.2, 0) is 4.74 Å². The van der Waals surface area contributed by atoms with E-state index in [-0.39, 0.29) is 12.0 Å². The van der Waals surface area contributed by atoms with Crippen LogP contribution in [0.5, 0.6) is 17.4 Å². The lowest BCUT2D eigenvalue weighted by Crippen LogP contribution is -2.16. The van der Waals surface area contributed by atoms with Gasteiger partial charge in [0.05, 0.1) is 28.7 Å². The molecule has 0 amide bonds. The Morgan fingerprint density at radius 1 is 1.11 bits per heavy atom. The van der Waals surface area contributed by atoms with Crippen LogP contribution in [0.3, 0.4) is 0 Å². The maximum atomic E-state index is 11.8. The Kier molecular flexibility index (Phi) is 4.79. The Morgan fingerprint density at radius 2 is 1.89 bits per heavy atom. The zero-order chi connectivity index (χ0) is 19.7. The van der Waals surface area contributed by atoms with Crippen molar-refractivity contribution in [3.05, 3.63) is 59.8 Å². The minimum Gasteiger partial charge on any atom is -0.457 e. The molecule has 4 aromatic rings. The predicted octanol–water partition coefficient (Wildman–Crippen LogP) is 6.09. The molecule has 0 fully saturated rings. The number of nitrogens with zero attached hydrogens (tertiary/aromatic N) is 1. The lowest BCUT2D eigenvalue weighted by Gasteiger charge is -2.08. The summed E-state index contributed by atoms with van der Waals surface area (Å²) in [7, 11) is 0. The second-order valence-electron chi connectivity index (χ2n) is 6.45. The van der Waals surface area contributed by atoms with Gasteiger partial charge in [-0.1, -0.05) is 17.7 Å². The van der Waals surface area contributed by atoms with Crippen LogP contribution < -0.4 is 9.47 Å². The van der Waals surface area contributed by atoms with Crippen LogP contribution in [0.15, 0.2) is 54.7 Å². The maximum Gasteiger partial charge on any atom is 0.515 e. The summed E-state index contributed by atoms with van der Waals surface area (Å²) in [4.78, 5) is 19.2. The lowest BCUT2D eigenvalue weighted by molar-refractivity contribution is 0.0716. The largest absolute Gasteiger partial charge is 0.515 e. The van der Waals surface area contributed by atoms with E-state index in [1.54, 1.807) is 50.4 Å². The van der Waals surface area contributed by atoms with Gasteiger partial charge in [0.15, 0.2) is 0 Å². The minimum absolute atomic E-state index is 0.153. The smallest absolute Gasteiger partial charge is 0.457 e. The maximum absolute atomic E-state index is 11.8. The number of H-pyrrole nitrogens is 1. The van der Waals surface area contributed by atoms with Gasteiger partial charge in [0.1, 0.15) is 11.5 Å². The third-order valence-electron chi connectivity index (χ3n) is 4.01. The number of carbonyl (C=O) groups excluding carboxylic acids is 1. The molecule has 0 aliphatic heterocycles.